The Hall–Kier alpha value is -4.12. The number of nitrogens with one attached hydrogen (secondary N) is 1. The Kier molecular flexibility index (Phi) is 5.71. The van der Waals surface area contributed by atoms with Crippen LogP contribution in [0.15, 0.2) is 103 Å². The molecule has 0 atom stereocenters. The summed E-state index contributed by atoms with van der Waals surface area (Å²) in [6.07, 6.45) is 3.29. The molecule has 0 aliphatic rings. The fourth-order valence-electron chi connectivity index (χ4n) is 3.00. The number of hydrogen-bond acceptors (Lipinski definition) is 4. The summed E-state index contributed by atoms with van der Waals surface area (Å²) in [5, 5.41) is 2.93. The summed E-state index contributed by atoms with van der Waals surface area (Å²) < 4.78 is 5.93. The largest absolute Gasteiger partial charge is 0.455 e. The molecule has 5 heteroatoms. The molecule has 5 nitrogen and oxygen atoms in total. The highest BCUT2D eigenvalue weighted by molar-refractivity contribution is 6.05. The number of para-hydroxylation sites is 4. The van der Waals surface area contributed by atoms with Gasteiger partial charge in [-0.15, -0.1) is 0 Å². The maximum atomic E-state index is 12.9. The number of pyridine rings is 1. The van der Waals surface area contributed by atoms with Crippen LogP contribution in [0.3, 0.4) is 0 Å². The Balaban J connectivity index is 1.54. The summed E-state index contributed by atoms with van der Waals surface area (Å²) in [4.78, 5) is 19.1. The SMILES string of the molecule is CN(c1ccccc1)c1cncc(C(=O)Nc2ccccc2Oc2ccccc2)c1. The van der Waals surface area contributed by atoms with E-state index in [-0.39, 0.29) is 5.91 Å². The highest BCUT2D eigenvalue weighted by atomic mass is 16.5. The van der Waals surface area contributed by atoms with Gasteiger partial charge in [0, 0.05) is 18.9 Å². The lowest BCUT2D eigenvalue weighted by atomic mass is 10.2. The van der Waals surface area contributed by atoms with Crippen LogP contribution in [0.4, 0.5) is 17.1 Å². The van der Waals surface area contributed by atoms with Crippen LogP contribution in [0.25, 0.3) is 0 Å². The number of anilines is 3. The molecule has 3 aromatic carbocycles. The lowest BCUT2D eigenvalue weighted by Gasteiger charge is -2.19. The Morgan fingerprint density at radius 3 is 2.27 bits per heavy atom. The minimum Gasteiger partial charge on any atom is -0.455 e. The van der Waals surface area contributed by atoms with Crippen molar-refractivity contribution >= 4 is 23.0 Å². The van der Waals surface area contributed by atoms with Crippen LogP contribution in [-0.4, -0.2) is 17.9 Å². The summed E-state index contributed by atoms with van der Waals surface area (Å²) >= 11 is 0. The first-order chi connectivity index (χ1) is 14.7. The molecule has 4 rings (SSSR count). The summed E-state index contributed by atoms with van der Waals surface area (Å²) in [6, 6.07) is 28.5. The number of aromatic nitrogens is 1. The van der Waals surface area contributed by atoms with E-state index in [0.29, 0.717) is 22.7 Å². The standard InChI is InChI=1S/C25H21N3O2/c1-28(20-10-4-2-5-11-20)21-16-19(17-26-18-21)25(29)27-23-14-8-9-15-24(23)30-22-12-6-3-7-13-22/h2-18H,1H3,(H,27,29). The van der Waals surface area contributed by atoms with Gasteiger partial charge < -0.3 is 15.0 Å². The summed E-state index contributed by atoms with van der Waals surface area (Å²) in [6.45, 7) is 0. The Bertz CT molecular complexity index is 1130. The minimum atomic E-state index is -0.255. The molecule has 4 aromatic rings. The van der Waals surface area contributed by atoms with Crippen molar-refractivity contribution in [3.05, 3.63) is 109 Å². The third-order valence-electron chi connectivity index (χ3n) is 4.62. The van der Waals surface area contributed by atoms with Crippen molar-refractivity contribution in [2.75, 3.05) is 17.3 Å². The number of hydrogen-bond donors (Lipinski definition) is 1. The van der Waals surface area contributed by atoms with E-state index in [1.807, 2.05) is 103 Å². The van der Waals surface area contributed by atoms with Crippen molar-refractivity contribution in [3.8, 4) is 11.5 Å². The minimum absolute atomic E-state index is 0.255. The number of carbonyl (C=O) groups excluding carboxylic acids is 1. The van der Waals surface area contributed by atoms with Crippen LogP contribution in [0, 0.1) is 0 Å². The van der Waals surface area contributed by atoms with Crippen molar-refractivity contribution in [2.45, 2.75) is 0 Å². The molecule has 0 fully saturated rings. The topological polar surface area (TPSA) is 54.5 Å². The third-order valence-corrected chi connectivity index (χ3v) is 4.62. The van der Waals surface area contributed by atoms with Crippen molar-refractivity contribution in [1.82, 2.24) is 4.98 Å². The zero-order valence-electron chi connectivity index (χ0n) is 16.5. The van der Waals surface area contributed by atoms with E-state index in [9.17, 15) is 4.79 Å². The summed E-state index contributed by atoms with van der Waals surface area (Å²) in [7, 11) is 1.94. The van der Waals surface area contributed by atoms with Gasteiger partial charge in [-0.3, -0.25) is 9.78 Å². The maximum Gasteiger partial charge on any atom is 0.257 e. The van der Waals surface area contributed by atoms with Gasteiger partial charge in [0.25, 0.3) is 5.91 Å². The predicted molar refractivity (Wildman–Crippen MR) is 120 cm³/mol. The molecule has 0 aliphatic carbocycles. The van der Waals surface area contributed by atoms with Gasteiger partial charge in [-0.1, -0.05) is 48.5 Å². The van der Waals surface area contributed by atoms with Gasteiger partial charge in [-0.2, -0.15) is 0 Å². The van der Waals surface area contributed by atoms with Crippen LogP contribution < -0.4 is 15.0 Å². The number of benzene rings is 3. The first-order valence-corrected chi connectivity index (χ1v) is 9.58. The zero-order chi connectivity index (χ0) is 20.8. The van der Waals surface area contributed by atoms with E-state index in [1.54, 1.807) is 12.4 Å². The molecular weight excluding hydrogens is 374 g/mol. The third kappa shape index (κ3) is 4.47. The van der Waals surface area contributed by atoms with Gasteiger partial charge >= 0.3 is 0 Å². The Labute approximate surface area is 175 Å². The fraction of sp³-hybridized carbons (Fsp3) is 0.0400. The fourth-order valence-corrected chi connectivity index (χ4v) is 3.00. The lowest BCUT2D eigenvalue weighted by Crippen LogP contribution is -2.15. The average Bonchev–Trinajstić information content (AvgIpc) is 2.81. The second kappa shape index (κ2) is 8.92. The molecule has 1 N–H and O–H groups in total. The van der Waals surface area contributed by atoms with E-state index >= 15 is 0 Å². The number of amides is 1. The number of nitrogens with zero attached hydrogens (tertiary/aromatic N) is 2. The molecule has 0 bridgehead atoms. The van der Waals surface area contributed by atoms with E-state index in [2.05, 4.69) is 10.3 Å². The van der Waals surface area contributed by atoms with Gasteiger partial charge in [0.2, 0.25) is 0 Å². The highest BCUT2D eigenvalue weighted by Gasteiger charge is 2.13. The second-order valence-corrected chi connectivity index (χ2v) is 6.69. The van der Waals surface area contributed by atoms with Gasteiger partial charge in [0.15, 0.2) is 5.75 Å². The molecular formula is C25H21N3O2. The van der Waals surface area contributed by atoms with E-state index < -0.39 is 0 Å². The van der Waals surface area contributed by atoms with Gasteiger partial charge in [-0.25, -0.2) is 0 Å². The highest BCUT2D eigenvalue weighted by Crippen LogP contribution is 2.30. The number of rotatable bonds is 6. The molecule has 30 heavy (non-hydrogen) atoms. The molecule has 1 heterocycles. The summed E-state index contributed by atoms with van der Waals surface area (Å²) in [5.41, 5.74) is 2.89. The van der Waals surface area contributed by atoms with Crippen LogP contribution in [0.5, 0.6) is 11.5 Å². The molecule has 0 saturated carbocycles. The van der Waals surface area contributed by atoms with Crippen LogP contribution in [0.2, 0.25) is 0 Å². The molecule has 0 saturated heterocycles. The zero-order valence-corrected chi connectivity index (χ0v) is 16.5. The molecule has 0 aliphatic heterocycles. The summed E-state index contributed by atoms with van der Waals surface area (Å²) in [5.74, 6) is 1.02. The Morgan fingerprint density at radius 1 is 0.833 bits per heavy atom. The van der Waals surface area contributed by atoms with Crippen LogP contribution in [0.1, 0.15) is 10.4 Å². The van der Waals surface area contributed by atoms with E-state index in [0.717, 1.165) is 11.4 Å². The van der Waals surface area contributed by atoms with E-state index in [1.165, 1.54) is 0 Å². The van der Waals surface area contributed by atoms with Crippen molar-refractivity contribution < 1.29 is 9.53 Å². The smallest absolute Gasteiger partial charge is 0.257 e. The Morgan fingerprint density at radius 2 is 1.50 bits per heavy atom. The van der Waals surface area contributed by atoms with Gasteiger partial charge in [0.05, 0.1) is 23.1 Å². The van der Waals surface area contributed by atoms with Crippen LogP contribution >= 0.6 is 0 Å². The van der Waals surface area contributed by atoms with E-state index in [4.69, 9.17) is 4.74 Å². The van der Waals surface area contributed by atoms with Gasteiger partial charge in [-0.05, 0) is 42.5 Å². The first-order valence-electron chi connectivity index (χ1n) is 9.58. The normalized spacial score (nSPS) is 10.3. The molecule has 1 amide bonds. The molecule has 1 aromatic heterocycles. The monoisotopic (exact) mass is 395 g/mol. The molecule has 0 unspecified atom stereocenters. The molecule has 0 spiro atoms. The quantitative estimate of drug-likeness (QED) is 0.442. The first kappa shape index (κ1) is 19.2. The maximum absolute atomic E-state index is 12.9. The lowest BCUT2D eigenvalue weighted by molar-refractivity contribution is 0.102. The number of carbonyl (C=O) groups is 1. The number of ether oxygens (including phenoxy) is 1. The molecule has 148 valence electrons. The predicted octanol–water partition coefficient (Wildman–Crippen LogP) is 5.89. The van der Waals surface area contributed by atoms with Gasteiger partial charge in [0.1, 0.15) is 5.75 Å². The van der Waals surface area contributed by atoms with Crippen molar-refractivity contribution in [2.24, 2.45) is 0 Å². The molecule has 0 radical (unpaired) electrons. The van der Waals surface area contributed by atoms with Crippen LogP contribution in [-0.2, 0) is 0 Å². The second-order valence-electron chi connectivity index (χ2n) is 6.69. The van der Waals surface area contributed by atoms with Crippen molar-refractivity contribution in [3.63, 3.8) is 0 Å². The van der Waals surface area contributed by atoms with Crippen molar-refractivity contribution in [1.29, 1.82) is 0 Å². The average molecular weight is 395 g/mol.